The second-order valence-corrected chi connectivity index (χ2v) is 7.59. The van der Waals surface area contributed by atoms with Gasteiger partial charge in [0.05, 0.1) is 18.2 Å². The maximum absolute atomic E-state index is 12.6. The van der Waals surface area contributed by atoms with Crippen LogP contribution in [0.3, 0.4) is 0 Å². The molecule has 0 bridgehead atoms. The number of nitrogens with one attached hydrogen (secondary N) is 1. The van der Waals surface area contributed by atoms with Gasteiger partial charge in [-0.3, -0.25) is 4.79 Å². The molecule has 0 saturated carbocycles. The number of amides is 1. The van der Waals surface area contributed by atoms with E-state index < -0.39 is 5.97 Å². The summed E-state index contributed by atoms with van der Waals surface area (Å²) in [7, 11) is 1.67. The molecule has 5 heteroatoms. The van der Waals surface area contributed by atoms with Crippen molar-refractivity contribution in [1.82, 2.24) is 0 Å². The number of carboxylic acid groups (broad SMARTS) is 1. The number of rotatable bonds is 5. The van der Waals surface area contributed by atoms with E-state index in [2.05, 4.69) is 33.0 Å². The maximum atomic E-state index is 12.6. The van der Waals surface area contributed by atoms with Crippen molar-refractivity contribution in [2.75, 3.05) is 12.4 Å². The number of benzene rings is 2. The first-order valence-corrected chi connectivity index (χ1v) is 9.36. The molecule has 2 N–H and O–H groups in total. The molecule has 146 valence electrons. The molecule has 0 saturated heterocycles. The van der Waals surface area contributed by atoms with E-state index in [-0.39, 0.29) is 23.3 Å². The van der Waals surface area contributed by atoms with Gasteiger partial charge in [0.2, 0.25) is 0 Å². The van der Waals surface area contributed by atoms with E-state index in [1.165, 1.54) is 6.07 Å². The molecule has 0 aromatic heterocycles. The highest BCUT2D eigenvalue weighted by Crippen LogP contribution is 2.39. The SMILES string of the molecule is COc1c(C(C)C)cc(/C=C2\C(=O)Nc3cccc(C(=O)O)c32)cc1C(C)C. The maximum Gasteiger partial charge on any atom is 0.336 e. The van der Waals surface area contributed by atoms with Crippen molar-refractivity contribution in [1.29, 1.82) is 0 Å². The topological polar surface area (TPSA) is 75.6 Å². The summed E-state index contributed by atoms with van der Waals surface area (Å²) in [6, 6.07) is 8.89. The van der Waals surface area contributed by atoms with Gasteiger partial charge in [0.25, 0.3) is 5.91 Å². The first-order valence-electron chi connectivity index (χ1n) is 9.36. The summed E-state index contributed by atoms with van der Waals surface area (Å²) in [6.45, 7) is 8.38. The Kier molecular flexibility index (Phi) is 5.27. The Bertz CT molecular complexity index is 957. The molecule has 0 fully saturated rings. The Morgan fingerprint density at radius 2 is 1.71 bits per heavy atom. The third-order valence-corrected chi connectivity index (χ3v) is 4.98. The number of hydrogen-bond donors (Lipinski definition) is 2. The zero-order valence-electron chi connectivity index (χ0n) is 16.8. The molecular formula is C23H25NO4. The lowest BCUT2D eigenvalue weighted by Gasteiger charge is -2.19. The molecule has 0 unspecified atom stereocenters. The summed E-state index contributed by atoms with van der Waals surface area (Å²) in [5, 5.41) is 12.3. The van der Waals surface area contributed by atoms with Gasteiger partial charge in [-0.15, -0.1) is 0 Å². The average molecular weight is 379 g/mol. The van der Waals surface area contributed by atoms with E-state index in [1.54, 1.807) is 25.3 Å². The summed E-state index contributed by atoms with van der Waals surface area (Å²) in [5.41, 5.74) is 4.42. The number of carbonyl (C=O) groups is 2. The van der Waals surface area contributed by atoms with Crippen LogP contribution < -0.4 is 10.1 Å². The summed E-state index contributed by atoms with van der Waals surface area (Å²) in [6.07, 6.45) is 1.77. The summed E-state index contributed by atoms with van der Waals surface area (Å²) < 4.78 is 5.67. The smallest absolute Gasteiger partial charge is 0.336 e. The van der Waals surface area contributed by atoms with Crippen LogP contribution in [0.5, 0.6) is 5.75 Å². The van der Waals surface area contributed by atoms with Crippen molar-refractivity contribution < 1.29 is 19.4 Å². The first kappa shape index (κ1) is 19.7. The van der Waals surface area contributed by atoms with Gasteiger partial charge in [-0.1, -0.05) is 33.8 Å². The van der Waals surface area contributed by atoms with E-state index in [9.17, 15) is 14.7 Å². The van der Waals surface area contributed by atoms with Crippen molar-refractivity contribution in [3.63, 3.8) is 0 Å². The quantitative estimate of drug-likeness (QED) is 0.706. The molecule has 0 atom stereocenters. The number of aromatic carboxylic acids is 1. The van der Waals surface area contributed by atoms with Crippen LogP contribution in [-0.2, 0) is 4.79 Å². The van der Waals surface area contributed by atoms with E-state index in [0.717, 1.165) is 22.4 Å². The summed E-state index contributed by atoms with van der Waals surface area (Å²) in [4.78, 5) is 24.2. The fraction of sp³-hybridized carbons (Fsp3) is 0.304. The number of ether oxygens (including phenoxy) is 1. The van der Waals surface area contributed by atoms with E-state index in [4.69, 9.17) is 4.74 Å². The lowest BCUT2D eigenvalue weighted by Crippen LogP contribution is -2.05. The minimum Gasteiger partial charge on any atom is -0.496 e. The van der Waals surface area contributed by atoms with Gasteiger partial charge in [0.15, 0.2) is 0 Å². The van der Waals surface area contributed by atoms with Crippen molar-refractivity contribution in [2.45, 2.75) is 39.5 Å². The number of carbonyl (C=O) groups excluding carboxylic acids is 1. The van der Waals surface area contributed by atoms with Crippen molar-refractivity contribution in [3.8, 4) is 5.75 Å². The van der Waals surface area contributed by atoms with Crippen molar-refractivity contribution in [2.24, 2.45) is 0 Å². The molecule has 0 spiro atoms. The molecule has 3 rings (SSSR count). The zero-order chi connectivity index (χ0) is 20.6. The molecule has 5 nitrogen and oxygen atoms in total. The highest BCUT2D eigenvalue weighted by atomic mass is 16.5. The third kappa shape index (κ3) is 3.40. The van der Waals surface area contributed by atoms with Gasteiger partial charge >= 0.3 is 5.97 Å². The Morgan fingerprint density at radius 1 is 1.11 bits per heavy atom. The molecule has 28 heavy (non-hydrogen) atoms. The number of methoxy groups -OCH3 is 1. The van der Waals surface area contributed by atoms with Gasteiger partial charge in [-0.25, -0.2) is 4.79 Å². The fourth-order valence-electron chi connectivity index (χ4n) is 3.61. The van der Waals surface area contributed by atoms with Crippen LogP contribution in [0.1, 0.15) is 72.1 Å². The Hall–Kier alpha value is -3.08. The number of carboxylic acids is 1. The number of hydrogen-bond acceptors (Lipinski definition) is 3. The van der Waals surface area contributed by atoms with Crippen LogP contribution in [0.2, 0.25) is 0 Å². The highest BCUT2D eigenvalue weighted by Gasteiger charge is 2.29. The second kappa shape index (κ2) is 7.50. The molecule has 1 heterocycles. The van der Waals surface area contributed by atoms with Crippen LogP contribution in [0, 0.1) is 0 Å². The predicted octanol–water partition coefficient (Wildman–Crippen LogP) is 5.13. The van der Waals surface area contributed by atoms with Crippen LogP contribution in [-0.4, -0.2) is 24.1 Å². The van der Waals surface area contributed by atoms with Gasteiger partial charge in [0, 0.05) is 11.3 Å². The van der Waals surface area contributed by atoms with E-state index in [1.807, 2.05) is 12.1 Å². The molecule has 0 aliphatic carbocycles. The number of fused-ring (bicyclic) bond motifs is 1. The van der Waals surface area contributed by atoms with Gasteiger partial charge in [0.1, 0.15) is 5.75 Å². The zero-order valence-corrected chi connectivity index (χ0v) is 16.8. The van der Waals surface area contributed by atoms with E-state index in [0.29, 0.717) is 16.8 Å². The van der Waals surface area contributed by atoms with Gasteiger partial charge < -0.3 is 15.2 Å². The van der Waals surface area contributed by atoms with Crippen molar-refractivity contribution in [3.05, 3.63) is 58.1 Å². The average Bonchev–Trinajstić information content (AvgIpc) is 2.96. The molecule has 2 aromatic rings. The fourth-order valence-corrected chi connectivity index (χ4v) is 3.61. The van der Waals surface area contributed by atoms with E-state index >= 15 is 0 Å². The van der Waals surface area contributed by atoms with Crippen molar-refractivity contribution >= 4 is 29.2 Å². The Labute approximate surface area is 165 Å². The molecule has 0 radical (unpaired) electrons. The largest absolute Gasteiger partial charge is 0.496 e. The third-order valence-electron chi connectivity index (χ3n) is 4.98. The monoisotopic (exact) mass is 379 g/mol. The Morgan fingerprint density at radius 3 is 2.21 bits per heavy atom. The first-order chi connectivity index (χ1) is 13.2. The van der Waals surface area contributed by atoms with Gasteiger partial charge in [-0.2, -0.15) is 0 Å². The molecular weight excluding hydrogens is 354 g/mol. The lowest BCUT2D eigenvalue weighted by atomic mass is 9.90. The molecule has 1 aliphatic rings. The lowest BCUT2D eigenvalue weighted by molar-refractivity contribution is -0.110. The van der Waals surface area contributed by atoms with Crippen LogP contribution >= 0.6 is 0 Å². The van der Waals surface area contributed by atoms with Crippen LogP contribution in [0.25, 0.3) is 11.6 Å². The number of anilines is 1. The van der Waals surface area contributed by atoms with Crippen LogP contribution in [0.4, 0.5) is 5.69 Å². The minimum atomic E-state index is -1.06. The minimum absolute atomic E-state index is 0.115. The highest BCUT2D eigenvalue weighted by molar-refractivity contribution is 6.36. The van der Waals surface area contributed by atoms with Crippen LogP contribution in [0.15, 0.2) is 30.3 Å². The standard InChI is InChI=1S/C23H25NO4/c1-12(2)16-9-14(10-17(13(3)4)21(16)28-5)11-18-20-15(23(26)27)7-6-8-19(20)24-22(18)25/h6-13H,1-5H3,(H,24,25)(H,26,27)/b18-11-. The summed E-state index contributed by atoms with van der Waals surface area (Å²) >= 11 is 0. The van der Waals surface area contributed by atoms with Gasteiger partial charge in [-0.05, 0) is 58.9 Å². The molecule has 1 aliphatic heterocycles. The molecule has 1 amide bonds. The summed E-state index contributed by atoms with van der Waals surface area (Å²) in [5.74, 6) is 0.00113. The Balaban J connectivity index is 2.23. The second-order valence-electron chi connectivity index (χ2n) is 7.59. The predicted molar refractivity (Wildman–Crippen MR) is 111 cm³/mol. The normalized spacial score (nSPS) is 14.5. The molecule has 2 aromatic carbocycles.